The van der Waals surface area contributed by atoms with Gasteiger partial charge < -0.3 is 5.32 Å². The monoisotopic (exact) mass is 444 g/mol. The molecule has 0 bridgehead atoms. The van der Waals surface area contributed by atoms with E-state index >= 15 is 0 Å². The number of thioether (sulfide) groups is 1. The van der Waals surface area contributed by atoms with Gasteiger partial charge in [0.2, 0.25) is 5.91 Å². The number of halogens is 1. The van der Waals surface area contributed by atoms with Gasteiger partial charge >= 0.3 is 0 Å². The number of hydrogen-bond acceptors (Lipinski definition) is 4. The molecule has 7 heteroatoms. The van der Waals surface area contributed by atoms with Gasteiger partial charge in [-0.25, -0.2) is 0 Å². The van der Waals surface area contributed by atoms with Gasteiger partial charge in [0.15, 0.2) is 0 Å². The zero-order chi connectivity index (χ0) is 19.2. The van der Waals surface area contributed by atoms with Crippen LogP contribution in [-0.4, -0.2) is 35.0 Å². The van der Waals surface area contributed by atoms with Gasteiger partial charge in [0, 0.05) is 17.6 Å². The summed E-state index contributed by atoms with van der Waals surface area (Å²) in [4.78, 5) is 38.1. The number of benzene rings is 2. The third-order valence-corrected chi connectivity index (χ3v) is 5.34. The van der Waals surface area contributed by atoms with Gasteiger partial charge in [-0.1, -0.05) is 58.4 Å². The van der Waals surface area contributed by atoms with Gasteiger partial charge in [0.1, 0.15) is 0 Å². The number of amides is 3. The molecule has 1 saturated heterocycles. The van der Waals surface area contributed by atoms with Gasteiger partial charge in [-0.3, -0.25) is 19.3 Å². The van der Waals surface area contributed by atoms with E-state index < -0.39 is 0 Å². The Bertz CT molecular complexity index is 882. The molecule has 1 heterocycles. The van der Waals surface area contributed by atoms with E-state index in [0.29, 0.717) is 4.91 Å². The first-order valence-corrected chi connectivity index (χ1v) is 9.95. The van der Waals surface area contributed by atoms with E-state index in [0.717, 1.165) is 27.4 Å². The van der Waals surface area contributed by atoms with E-state index in [9.17, 15) is 14.4 Å². The van der Waals surface area contributed by atoms with Crippen molar-refractivity contribution in [2.24, 2.45) is 0 Å². The fraction of sp³-hybridized carbons (Fsp3) is 0.150. The second-order valence-corrected chi connectivity index (χ2v) is 7.81. The van der Waals surface area contributed by atoms with Crippen LogP contribution in [0.3, 0.4) is 0 Å². The molecule has 0 radical (unpaired) electrons. The zero-order valence-electron chi connectivity index (χ0n) is 14.4. The van der Waals surface area contributed by atoms with Gasteiger partial charge in [-0.2, -0.15) is 0 Å². The van der Waals surface area contributed by atoms with Crippen LogP contribution in [0.5, 0.6) is 0 Å². The van der Waals surface area contributed by atoms with Crippen LogP contribution in [0.15, 0.2) is 64.0 Å². The minimum atomic E-state index is -0.323. The Morgan fingerprint density at radius 2 is 1.78 bits per heavy atom. The van der Waals surface area contributed by atoms with Crippen molar-refractivity contribution in [1.29, 1.82) is 0 Å². The van der Waals surface area contributed by atoms with E-state index in [1.807, 2.05) is 54.6 Å². The Kier molecular flexibility index (Phi) is 6.47. The number of carbonyl (C=O) groups is 3. The van der Waals surface area contributed by atoms with Crippen LogP contribution in [0.25, 0.3) is 6.08 Å². The standard InChI is InChI=1S/C20H17BrN2O3S/c21-16-8-6-15(7-9-16)13-18(24)22-10-11-23-19(25)17(27-20(23)26)12-14-4-2-1-3-5-14/h1-9,12H,10-11,13H2,(H,22,24)/b17-12-. The average Bonchev–Trinajstić information content (AvgIpc) is 2.92. The van der Waals surface area contributed by atoms with Crippen molar-refractivity contribution in [2.45, 2.75) is 6.42 Å². The number of nitrogens with zero attached hydrogens (tertiary/aromatic N) is 1. The van der Waals surface area contributed by atoms with Crippen LogP contribution in [-0.2, 0) is 16.0 Å². The molecule has 27 heavy (non-hydrogen) atoms. The SMILES string of the molecule is O=C(Cc1ccc(Br)cc1)NCCN1C(=O)S/C(=C\c2ccccc2)C1=O. The molecule has 1 N–H and O–H groups in total. The van der Waals surface area contributed by atoms with Gasteiger partial charge in [0.05, 0.1) is 11.3 Å². The minimum Gasteiger partial charge on any atom is -0.354 e. The van der Waals surface area contributed by atoms with Crippen molar-refractivity contribution >= 4 is 50.8 Å². The lowest BCUT2D eigenvalue weighted by Gasteiger charge is -2.13. The Balaban J connectivity index is 1.51. The van der Waals surface area contributed by atoms with E-state index in [4.69, 9.17) is 0 Å². The highest BCUT2D eigenvalue weighted by Gasteiger charge is 2.34. The van der Waals surface area contributed by atoms with E-state index in [-0.39, 0.29) is 36.6 Å². The zero-order valence-corrected chi connectivity index (χ0v) is 16.8. The lowest BCUT2D eigenvalue weighted by Crippen LogP contribution is -2.37. The third kappa shape index (κ3) is 5.30. The van der Waals surface area contributed by atoms with Crippen molar-refractivity contribution < 1.29 is 14.4 Å². The largest absolute Gasteiger partial charge is 0.354 e. The Hall–Kier alpha value is -2.38. The van der Waals surface area contributed by atoms with Crippen LogP contribution < -0.4 is 5.32 Å². The molecule has 3 rings (SSSR count). The third-order valence-electron chi connectivity index (χ3n) is 3.91. The molecular weight excluding hydrogens is 428 g/mol. The summed E-state index contributed by atoms with van der Waals surface area (Å²) < 4.78 is 0.953. The number of hydrogen-bond donors (Lipinski definition) is 1. The first-order valence-electron chi connectivity index (χ1n) is 8.34. The highest BCUT2D eigenvalue weighted by Crippen LogP contribution is 2.31. The summed E-state index contributed by atoms with van der Waals surface area (Å²) in [7, 11) is 0. The quantitative estimate of drug-likeness (QED) is 0.687. The summed E-state index contributed by atoms with van der Waals surface area (Å²) in [6.07, 6.45) is 1.96. The molecule has 1 aliphatic rings. The fourth-order valence-electron chi connectivity index (χ4n) is 2.55. The maximum atomic E-state index is 12.4. The van der Waals surface area contributed by atoms with Gasteiger partial charge in [-0.05, 0) is 41.1 Å². The Labute approximate surface area is 169 Å². The number of imide groups is 1. The first kappa shape index (κ1) is 19.4. The van der Waals surface area contributed by atoms with Crippen molar-refractivity contribution in [1.82, 2.24) is 10.2 Å². The lowest BCUT2D eigenvalue weighted by atomic mass is 10.1. The van der Waals surface area contributed by atoms with Gasteiger partial charge in [-0.15, -0.1) is 0 Å². The van der Waals surface area contributed by atoms with E-state index in [1.165, 1.54) is 4.90 Å². The number of rotatable bonds is 6. The molecular formula is C20H17BrN2O3S. The number of carbonyl (C=O) groups excluding carboxylic acids is 3. The average molecular weight is 445 g/mol. The van der Waals surface area contributed by atoms with Crippen LogP contribution in [0.2, 0.25) is 0 Å². The Morgan fingerprint density at radius 3 is 2.48 bits per heavy atom. The van der Waals surface area contributed by atoms with Crippen molar-refractivity contribution in [2.75, 3.05) is 13.1 Å². The molecule has 0 aliphatic carbocycles. The topological polar surface area (TPSA) is 66.5 Å². The van der Waals surface area contributed by atoms with E-state index in [2.05, 4.69) is 21.2 Å². The van der Waals surface area contributed by atoms with E-state index in [1.54, 1.807) is 6.08 Å². The molecule has 0 atom stereocenters. The summed E-state index contributed by atoms with van der Waals surface area (Å²) in [6.45, 7) is 0.384. The molecule has 1 aliphatic heterocycles. The van der Waals surface area contributed by atoms with Crippen LogP contribution in [0.1, 0.15) is 11.1 Å². The van der Waals surface area contributed by atoms with Gasteiger partial charge in [0.25, 0.3) is 11.1 Å². The molecule has 1 fully saturated rings. The lowest BCUT2D eigenvalue weighted by molar-refractivity contribution is -0.124. The smallest absolute Gasteiger partial charge is 0.293 e. The molecule has 0 aromatic heterocycles. The highest BCUT2D eigenvalue weighted by atomic mass is 79.9. The number of nitrogens with one attached hydrogen (secondary N) is 1. The van der Waals surface area contributed by atoms with Crippen molar-refractivity contribution in [3.05, 3.63) is 75.1 Å². The summed E-state index contributed by atoms with van der Waals surface area (Å²) >= 11 is 4.27. The molecule has 2 aromatic rings. The maximum absolute atomic E-state index is 12.4. The molecule has 0 saturated carbocycles. The minimum absolute atomic E-state index is 0.149. The van der Waals surface area contributed by atoms with Crippen molar-refractivity contribution in [3.8, 4) is 0 Å². The highest BCUT2D eigenvalue weighted by molar-refractivity contribution is 9.10. The van der Waals surface area contributed by atoms with Crippen LogP contribution >= 0.6 is 27.7 Å². The normalized spacial score (nSPS) is 15.4. The van der Waals surface area contributed by atoms with Crippen LogP contribution in [0, 0.1) is 0 Å². The summed E-state index contributed by atoms with van der Waals surface area (Å²) in [5, 5.41) is 2.44. The second kappa shape index (κ2) is 9.01. The predicted octanol–water partition coefficient (Wildman–Crippen LogP) is 3.84. The maximum Gasteiger partial charge on any atom is 0.293 e. The summed E-state index contributed by atoms with van der Waals surface area (Å²) in [5.41, 5.74) is 1.76. The molecule has 5 nitrogen and oxygen atoms in total. The van der Waals surface area contributed by atoms with Crippen LogP contribution in [0.4, 0.5) is 4.79 Å². The fourth-order valence-corrected chi connectivity index (χ4v) is 3.68. The Morgan fingerprint density at radius 1 is 1.07 bits per heavy atom. The molecule has 3 amide bonds. The molecule has 0 unspecified atom stereocenters. The summed E-state index contributed by atoms with van der Waals surface area (Å²) in [6, 6.07) is 16.9. The predicted molar refractivity (Wildman–Crippen MR) is 110 cm³/mol. The molecule has 2 aromatic carbocycles. The molecule has 0 spiro atoms. The molecule has 138 valence electrons. The first-order chi connectivity index (χ1) is 13.0. The summed E-state index contributed by atoms with van der Waals surface area (Å²) in [5.74, 6) is -0.472. The second-order valence-electron chi connectivity index (χ2n) is 5.90. The van der Waals surface area contributed by atoms with Crippen molar-refractivity contribution in [3.63, 3.8) is 0 Å².